The van der Waals surface area contributed by atoms with Crippen LogP contribution in [0.15, 0.2) is 22.5 Å². The number of ether oxygens (including phenoxy) is 1. The SMILES string of the molecule is CCNC(=NCC(C)Cc1cccs1)NCC(O)COCC(C)C. The average Bonchev–Trinajstić information content (AvgIpc) is 3.02. The second-order valence-electron chi connectivity index (χ2n) is 6.57. The van der Waals surface area contributed by atoms with Gasteiger partial charge >= 0.3 is 0 Å². The summed E-state index contributed by atoms with van der Waals surface area (Å²) in [6.07, 6.45) is 0.517. The molecule has 0 saturated heterocycles. The third kappa shape index (κ3) is 9.90. The number of thiophene rings is 1. The van der Waals surface area contributed by atoms with Crippen molar-refractivity contribution in [3.05, 3.63) is 22.4 Å². The summed E-state index contributed by atoms with van der Waals surface area (Å²) in [7, 11) is 0. The molecule has 1 rings (SSSR count). The van der Waals surface area contributed by atoms with Gasteiger partial charge in [0.2, 0.25) is 0 Å². The van der Waals surface area contributed by atoms with E-state index in [1.807, 2.05) is 6.92 Å². The standard InChI is InChI=1S/C18H33N3O2S/c1-5-19-18(21-11-16(22)13-23-12-14(2)3)20-10-15(4)9-17-7-6-8-24-17/h6-8,14-16,22H,5,9-13H2,1-4H3,(H2,19,20,21). The molecule has 2 atom stereocenters. The molecule has 6 heteroatoms. The van der Waals surface area contributed by atoms with Gasteiger partial charge in [-0.2, -0.15) is 0 Å². The Labute approximate surface area is 150 Å². The minimum absolute atomic E-state index is 0.347. The van der Waals surface area contributed by atoms with Gasteiger partial charge in [-0.3, -0.25) is 4.99 Å². The van der Waals surface area contributed by atoms with E-state index in [9.17, 15) is 5.11 Å². The fraction of sp³-hybridized carbons (Fsp3) is 0.722. The van der Waals surface area contributed by atoms with Gasteiger partial charge in [-0.1, -0.05) is 26.8 Å². The van der Waals surface area contributed by atoms with E-state index in [0.717, 1.165) is 25.5 Å². The first kappa shape index (κ1) is 20.9. The van der Waals surface area contributed by atoms with Crippen LogP contribution < -0.4 is 10.6 Å². The lowest BCUT2D eigenvalue weighted by Crippen LogP contribution is -2.42. The predicted molar refractivity (Wildman–Crippen MR) is 103 cm³/mol. The van der Waals surface area contributed by atoms with E-state index in [-0.39, 0.29) is 0 Å². The normalized spacial score (nSPS) is 14.7. The molecule has 0 aliphatic rings. The Balaban J connectivity index is 2.33. The number of nitrogens with zero attached hydrogens (tertiary/aromatic N) is 1. The molecule has 2 unspecified atom stereocenters. The molecule has 5 nitrogen and oxygen atoms in total. The topological polar surface area (TPSA) is 65.9 Å². The van der Waals surface area contributed by atoms with Gasteiger partial charge in [0.1, 0.15) is 0 Å². The highest BCUT2D eigenvalue weighted by Crippen LogP contribution is 2.14. The highest BCUT2D eigenvalue weighted by molar-refractivity contribution is 7.09. The van der Waals surface area contributed by atoms with Crippen molar-refractivity contribution in [2.75, 3.05) is 32.8 Å². The Hall–Kier alpha value is -1.11. The molecule has 24 heavy (non-hydrogen) atoms. The van der Waals surface area contributed by atoms with Crippen molar-refractivity contribution in [3.8, 4) is 0 Å². The Bertz CT molecular complexity index is 449. The zero-order valence-corrected chi connectivity index (χ0v) is 16.2. The van der Waals surface area contributed by atoms with Crippen LogP contribution in [0, 0.1) is 11.8 Å². The summed E-state index contributed by atoms with van der Waals surface area (Å²) >= 11 is 1.79. The number of hydrogen-bond donors (Lipinski definition) is 3. The van der Waals surface area contributed by atoms with Gasteiger partial charge in [-0.05, 0) is 36.6 Å². The Morgan fingerprint density at radius 2 is 2.08 bits per heavy atom. The molecule has 0 aromatic carbocycles. The number of aliphatic hydroxyl groups is 1. The van der Waals surface area contributed by atoms with Gasteiger partial charge in [0.05, 0.1) is 12.7 Å². The maximum atomic E-state index is 9.96. The van der Waals surface area contributed by atoms with Gasteiger partial charge in [0.25, 0.3) is 0 Å². The lowest BCUT2D eigenvalue weighted by atomic mass is 10.1. The Kier molecular flexibility index (Phi) is 10.7. The molecule has 1 aromatic heterocycles. The monoisotopic (exact) mass is 355 g/mol. The third-order valence-corrected chi connectivity index (χ3v) is 4.20. The predicted octanol–water partition coefficient (Wildman–Crippen LogP) is 2.52. The van der Waals surface area contributed by atoms with Crippen LogP contribution >= 0.6 is 11.3 Å². The van der Waals surface area contributed by atoms with E-state index < -0.39 is 6.10 Å². The molecule has 0 saturated carbocycles. The van der Waals surface area contributed by atoms with Crippen molar-refractivity contribution in [3.63, 3.8) is 0 Å². The molecule has 0 amide bonds. The second-order valence-corrected chi connectivity index (χ2v) is 7.61. The Morgan fingerprint density at radius 3 is 2.71 bits per heavy atom. The fourth-order valence-corrected chi connectivity index (χ4v) is 3.01. The van der Waals surface area contributed by atoms with Crippen molar-refractivity contribution in [1.29, 1.82) is 0 Å². The molecule has 0 aliphatic carbocycles. The van der Waals surface area contributed by atoms with Crippen molar-refractivity contribution in [2.24, 2.45) is 16.8 Å². The maximum absolute atomic E-state index is 9.96. The summed E-state index contributed by atoms with van der Waals surface area (Å²) in [6, 6.07) is 4.26. The summed E-state index contributed by atoms with van der Waals surface area (Å²) < 4.78 is 5.46. The number of aliphatic imine (C=N–C) groups is 1. The molecule has 0 radical (unpaired) electrons. The smallest absolute Gasteiger partial charge is 0.191 e. The first-order valence-electron chi connectivity index (χ1n) is 8.81. The summed E-state index contributed by atoms with van der Waals surface area (Å²) in [5.41, 5.74) is 0. The molecular formula is C18H33N3O2S. The summed E-state index contributed by atoms with van der Waals surface area (Å²) in [5.74, 6) is 1.71. The molecule has 1 aromatic rings. The first-order valence-corrected chi connectivity index (χ1v) is 9.69. The molecule has 0 aliphatic heterocycles. The van der Waals surface area contributed by atoms with Crippen molar-refractivity contribution >= 4 is 17.3 Å². The van der Waals surface area contributed by atoms with E-state index >= 15 is 0 Å². The van der Waals surface area contributed by atoms with Crippen LogP contribution in [-0.4, -0.2) is 50.0 Å². The molecule has 0 fully saturated rings. The lowest BCUT2D eigenvalue weighted by Gasteiger charge is -2.16. The minimum atomic E-state index is -0.531. The van der Waals surface area contributed by atoms with E-state index in [4.69, 9.17) is 4.74 Å². The molecule has 3 N–H and O–H groups in total. The van der Waals surface area contributed by atoms with Crippen LogP contribution in [0.3, 0.4) is 0 Å². The van der Waals surface area contributed by atoms with Crippen LogP contribution in [0.25, 0.3) is 0 Å². The number of hydrogen-bond acceptors (Lipinski definition) is 4. The van der Waals surface area contributed by atoms with Crippen LogP contribution in [-0.2, 0) is 11.2 Å². The van der Waals surface area contributed by atoms with Gasteiger partial charge in [-0.15, -0.1) is 11.3 Å². The van der Waals surface area contributed by atoms with E-state index in [1.165, 1.54) is 4.88 Å². The van der Waals surface area contributed by atoms with E-state index in [0.29, 0.717) is 31.6 Å². The van der Waals surface area contributed by atoms with Crippen LogP contribution in [0.2, 0.25) is 0 Å². The summed E-state index contributed by atoms with van der Waals surface area (Å²) in [6.45, 7) is 11.4. The van der Waals surface area contributed by atoms with Crippen molar-refractivity contribution < 1.29 is 9.84 Å². The largest absolute Gasteiger partial charge is 0.389 e. The van der Waals surface area contributed by atoms with Gasteiger partial charge < -0.3 is 20.5 Å². The quantitative estimate of drug-likeness (QED) is 0.421. The van der Waals surface area contributed by atoms with E-state index in [1.54, 1.807) is 11.3 Å². The first-order chi connectivity index (χ1) is 11.5. The van der Waals surface area contributed by atoms with Gasteiger partial charge in [-0.25, -0.2) is 0 Å². The molecule has 0 spiro atoms. The Morgan fingerprint density at radius 1 is 1.29 bits per heavy atom. The molecule has 0 bridgehead atoms. The van der Waals surface area contributed by atoms with Crippen molar-refractivity contribution in [2.45, 2.75) is 40.2 Å². The van der Waals surface area contributed by atoms with Crippen molar-refractivity contribution in [1.82, 2.24) is 10.6 Å². The highest BCUT2D eigenvalue weighted by Gasteiger charge is 2.08. The number of nitrogens with one attached hydrogen (secondary N) is 2. The van der Waals surface area contributed by atoms with E-state index in [2.05, 4.69) is 53.9 Å². The highest BCUT2D eigenvalue weighted by atomic mass is 32.1. The third-order valence-electron chi connectivity index (χ3n) is 3.30. The summed E-state index contributed by atoms with van der Waals surface area (Å²) in [5, 5.41) is 18.5. The lowest BCUT2D eigenvalue weighted by molar-refractivity contribution is 0.0280. The molecular weight excluding hydrogens is 322 g/mol. The zero-order valence-electron chi connectivity index (χ0n) is 15.4. The summed E-state index contributed by atoms with van der Waals surface area (Å²) in [4.78, 5) is 6.02. The average molecular weight is 356 g/mol. The zero-order chi connectivity index (χ0) is 17.8. The van der Waals surface area contributed by atoms with Gasteiger partial charge in [0.15, 0.2) is 5.96 Å². The van der Waals surface area contributed by atoms with Crippen LogP contribution in [0.1, 0.15) is 32.6 Å². The van der Waals surface area contributed by atoms with Gasteiger partial charge in [0, 0.05) is 31.1 Å². The minimum Gasteiger partial charge on any atom is -0.389 e. The number of aliphatic hydroxyl groups excluding tert-OH is 1. The fourth-order valence-electron chi connectivity index (χ4n) is 2.14. The number of guanidine groups is 1. The van der Waals surface area contributed by atoms with Crippen LogP contribution in [0.5, 0.6) is 0 Å². The maximum Gasteiger partial charge on any atom is 0.191 e. The molecule has 138 valence electrons. The second kappa shape index (κ2) is 12.3. The molecule has 1 heterocycles. The van der Waals surface area contributed by atoms with Crippen LogP contribution in [0.4, 0.5) is 0 Å². The number of rotatable bonds is 11.